The van der Waals surface area contributed by atoms with E-state index >= 15 is 0 Å². The molecule has 0 aliphatic heterocycles. The molecule has 2 rings (SSSR count). The Morgan fingerprint density at radius 1 is 1.59 bits per heavy atom. The van der Waals surface area contributed by atoms with E-state index in [2.05, 4.69) is 15.7 Å². The van der Waals surface area contributed by atoms with Gasteiger partial charge in [-0.3, -0.25) is 16.0 Å². The van der Waals surface area contributed by atoms with Crippen LogP contribution in [0.3, 0.4) is 0 Å². The molecule has 17 heavy (non-hydrogen) atoms. The van der Waals surface area contributed by atoms with Crippen LogP contribution >= 0.6 is 34.5 Å². The van der Waals surface area contributed by atoms with Gasteiger partial charge in [0.05, 0.1) is 20.4 Å². The fraction of sp³-hybridized carbons (Fsp3) is 0.333. The average Bonchev–Trinajstić information content (AvgIpc) is 2.82. The summed E-state index contributed by atoms with van der Waals surface area (Å²) in [6.07, 6.45) is 2.45. The molecular formula is C9H11Cl2N5S. The summed E-state index contributed by atoms with van der Waals surface area (Å²) in [5.74, 6) is 5.54. The summed E-state index contributed by atoms with van der Waals surface area (Å²) < 4.78 is 2.93. The molecule has 0 bridgehead atoms. The maximum absolute atomic E-state index is 6.09. The molecule has 0 aromatic carbocycles. The lowest BCUT2D eigenvalue weighted by molar-refractivity contribution is 0.547. The highest BCUT2D eigenvalue weighted by molar-refractivity contribution is 7.20. The molecule has 1 atom stereocenters. The first-order chi connectivity index (χ1) is 8.10. The molecule has 1 unspecified atom stereocenters. The Kier molecular flexibility index (Phi) is 4.01. The van der Waals surface area contributed by atoms with Crippen LogP contribution in [0.25, 0.3) is 0 Å². The number of rotatable bonds is 4. The number of halogens is 2. The van der Waals surface area contributed by atoms with Gasteiger partial charge in [-0.15, -0.1) is 16.4 Å². The first-order valence-corrected chi connectivity index (χ1v) is 6.43. The minimum absolute atomic E-state index is 0.122. The van der Waals surface area contributed by atoms with Crippen molar-refractivity contribution in [1.29, 1.82) is 0 Å². The highest BCUT2D eigenvalue weighted by atomic mass is 35.5. The predicted molar refractivity (Wildman–Crippen MR) is 69.1 cm³/mol. The van der Waals surface area contributed by atoms with Crippen molar-refractivity contribution in [2.45, 2.75) is 12.5 Å². The third-order valence-corrected chi connectivity index (χ3v) is 3.84. The molecule has 2 aromatic rings. The molecule has 2 aromatic heterocycles. The number of nitrogens with one attached hydrogen (secondary N) is 1. The van der Waals surface area contributed by atoms with Crippen LogP contribution < -0.4 is 11.3 Å². The van der Waals surface area contributed by atoms with Gasteiger partial charge in [-0.25, -0.2) is 0 Å². The smallest absolute Gasteiger partial charge is 0.0992 e. The normalized spacial score (nSPS) is 12.9. The van der Waals surface area contributed by atoms with Crippen LogP contribution in [-0.2, 0) is 13.5 Å². The van der Waals surface area contributed by atoms with Gasteiger partial charge in [-0.05, 0) is 6.07 Å². The van der Waals surface area contributed by atoms with Crippen molar-refractivity contribution in [2.75, 3.05) is 0 Å². The van der Waals surface area contributed by atoms with Crippen molar-refractivity contribution in [2.24, 2.45) is 12.9 Å². The Morgan fingerprint density at radius 2 is 2.35 bits per heavy atom. The van der Waals surface area contributed by atoms with E-state index in [1.54, 1.807) is 4.68 Å². The molecule has 0 spiro atoms. The monoisotopic (exact) mass is 291 g/mol. The van der Waals surface area contributed by atoms with Crippen molar-refractivity contribution in [1.82, 2.24) is 20.4 Å². The molecule has 0 saturated heterocycles. The summed E-state index contributed by atoms with van der Waals surface area (Å²) in [7, 11) is 1.82. The minimum atomic E-state index is -0.122. The van der Waals surface area contributed by atoms with Crippen molar-refractivity contribution in [3.05, 3.63) is 32.2 Å². The summed E-state index contributed by atoms with van der Waals surface area (Å²) in [4.78, 5) is 0. The van der Waals surface area contributed by atoms with E-state index in [-0.39, 0.29) is 6.04 Å². The highest BCUT2D eigenvalue weighted by Gasteiger charge is 2.18. The zero-order valence-corrected chi connectivity index (χ0v) is 11.4. The number of nitrogens with zero attached hydrogens (tertiary/aromatic N) is 3. The van der Waals surface area contributed by atoms with Crippen molar-refractivity contribution in [3.8, 4) is 0 Å². The lowest BCUT2D eigenvalue weighted by Gasteiger charge is -2.13. The van der Waals surface area contributed by atoms with Crippen molar-refractivity contribution in [3.63, 3.8) is 0 Å². The van der Waals surface area contributed by atoms with Gasteiger partial charge in [0, 0.05) is 25.2 Å². The zero-order valence-electron chi connectivity index (χ0n) is 9.02. The molecule has 0 aliphatic rings. The molecule has 0 amide bonds. The number of aryl methyl sites for hydroxylation is 1. The summed E-state index contributed by atoms with van der Waals surface area (Å²) in [5, 5.41) is 7.88. The van der Waals surface area contributed by atoms with Gasteiger partial charge in [-0.1, -0.05) is 28.4 Å². The topological polar surface area (TPSA) is 68.8 Å². The molecule has 92 valence electrons. The molecule has 0 aliphatic carbocycles. The summed E-state index contributed by atoms with van der Waals surface area (Å²) >= 11 is 13.3. The number of thiophene rings is 1. The molecule has 3 N–H and O–H groups in total. The third-order valence-electron chi connectivity index (χ3n) is 2.32. The second-order valence-electron chi connectivity index (χ2n) is 3.59. The van der Waals surface area contributed by atoms with Gasteiger partial charge >= 0.3 is 0 Å². The summed E-state index contributed by atoms with van der Waals surface area (Å²) in [6, 6.07) is 1.69. The van der Waals surface area contributed by atoms with Gasteiger partial charge in [-0.2, -0.15) is 0 Å². The van der Waals surface area contributed by atoms with E-state index in [0.717, 1.165) is 11.3 Å². The Hall–Kier alpha value is -0.660. The molecule has 0 saturated carbocycles. The predicted octanol–water partition coefficient (Wildman–Crippen LogP) is 1.93. The Bertz CT molecular complexity index is 509. The van der Waals surface area contributed by atoms with Crippen LogP contribution in [0.2, 0.25) is 8.67 Å². The van der Waals surface area contributed by atoms with Gasteiger partial charge in [0.2, 0.25) is 0 Å². The van der Waals surface area contributed by atoms with Crippen LogP contribution in [0.15, 0.2) is 12.3 Å². The number of hydrogen-bond donors (Lipinski definition) is 2. The van der Waals surface area contributed by atoms with Gasteiger partial charge in [0.25, 0.3) is 0 Å². The fourth-order valence-electron chi connectivity index (χ4n) is 1.55. The lowest BCUT2D eigenvalue weighted by atomic mass is 10.1. The fourth-order valence-corrected chi connectivity index (χ4v) is 3.13. The SMILES string of the molecule is Cn1cc(CC(NN)c2cc(Cl)sc2Cl)nn1. The van der Waals surface area contributed by atoms with Crippen LogP contribution in [0.1, 0.15) is 17.3 Å². The first kappa shape index (κ1) is 12.8. The van der Waals surface area contributed by atoms with Gasteiger partial charge < -0.3 is 0 Å². The van der Waals surface area contributed by atoms with E-state index in [4.69, 9.17) is 29.0 Å². The van der Waals surface area contributed by atoms with Crippen LogP contribution in [0, 0.1) is 0 Å². The summed E-state index contributed by atoms with van der Waals surface area (Å²) in [6.45, 7) is 0. The third kappa shape index (κ3) is 2.97. The first-order valence-electron chi connectivity index (χ1n) is 4.86. The molecule has 8 heteroatoms. The molecule has 2 heterocycles. The number of nitrogens with two attached hydrogens (primary N) is 1. The van der Waals surface area contributed by atoms with Gasteiger partial charge in [0.15, 0.2) is 0 Å². The highest BCUT2D eigenvalue weighted by Crippen LogP contribution is 2.35. The Balaban J connectivity index is 2.19. The average molecular weight is 292 g/mol. The molecule has 0 radical (unpaired) electrons. The maximum Gasteiger partial charge on any atom is 0.0992 e. The van der Waals surface area contributed by atoms with Gasteiger partial charge in [0.1, 0.15) is 0 Å². The second-order valence-corrected chi connectivity index (χ2v) is 5.87. The van der Waals surface area contributed by atoms with E-state index < -0.39 is 0 Å². The van der Waals surface area contributed by atoms with Crippen molar-refractivity contribution < 1.29 is 0 Å². The van der Waals surface area contributed by atoms with Crippen LogP contribution in [-0.4, -0.2) is 15.0 Å². The second kappa shape index (κ2) is 5.32. The number of aromatic nitrogens is 3. The standard InChI is InChI=1S/C9H11Cl2N5S/c1-16-4-5(14-15-16)2-7(13-12)6-3-8(10)17-9(6)11/h3-4,7,13H,2,12H2,1H3. The molecule has 0 fully saturated rings. The summed E-state index contributed by atoms with van der Waals surface area (Å²) in [5.41, 5.74) is 4.44. The van der Waals surface area contributed by atoms with E-state index in [9.17, 15) is 0 Å². The van der Waals surface area contributed by atoms with Crippen LogP contribution in [0.4, 0.5) is 0 Å². The lowest BCUT2D eigenvalue weighted by Crippen LogP contribution is -2.29. The zero-order chi connectivity index (χ0) is 12.4. The Morgan fingerprint density at radius 3 is 2.82 bits per heavy atom. The van der Waals surface area contributed by atoms with E-state index in [1.165, 1.54) is 11.3 Å². The van der Waals surface area contributed by atoms with Crippen molar-refractivity contribution >= 4 is 34.5 Å². The quantitative estimate of drug-likeness (QED) is 0.667. The number of hydrazine groups is 1. The number of hydrogen-bond acceptors (Lipinski definition) is 5. The van der Waals surface area contributed by atoms with Crippen LogP contribution in [0.5, 0.6) is 0 Å². The largest absolute Gasteiger partial charge is 0.271 e. The van der Waals surface area contributed by atoms with E-state index in [0.29, 0.717) is 15.1 Å². The maximum atomic E-state index is 6.09. The minimum Gasteiger partial charge on any atom is -0.271 e. The Labute approximate surface area is 112 Å². The molecular weight excluding hydrogens is 281 g/mol. The van der Waals surface area contributed by atoms with E-state index in [1.807, 2.05) is 19.3 Å². The molecule has 5 nitrogen and oxygen atoms in total.